The monoisotopic (exact) mass is 235 g/mol. The predicted molar refractivity (Wildman–Crippen MR) is 63.8 cm³/mol. The Bertz CT molecular complexity index is 481. The molecule has 0 saturated heterocycles. The number of nitrogens with zero attached hydrogens (tertiary/aromatic N) is 4. The molecule has 2 aromatic rings. The molecule has 0 atom stereocenters. The van der Waals surface area contributed by atoms with Gasteiger partial charge in [-0.15, -0.1) is 10.2 Å². The van der Waals surface area contributed by atoms with E-state index in [2.05, 4.69) is 15.6 Å². The van der Waals surface area contributed by atoms with Gasteiger partial charge in [0, 0.05) is 14.1 Å². The molecule has 17 heavy (non-hydrogen) atoms. The van der Waals surface area contributed by atoms with Crippen molar-refractivity contribution < 1.29 is 4.39 Å². The number of hydrogen-bond acceptors (Lipinski definition) is 4. The predicted octanol–water partition coefficient (Wildman–Crippen LogP) is 1.23. The van der Waals surface area contributed by atoms with Gasteiger partial charge in [-0.2, -0.15) is 0 Å². The maximum absolute atomic E-state index is 13.7. The molecule has 2 rings (SSSR count). The molecule has 0 aliphatic heterocycles. The molecule has 1 N–H and O–H groups in total. The molecule has 1 aromatic heterocycles. The van der Waals surface area contributed by atoms with Crippen molar-refractivity contribution in [3.05, 3.63) is 42.2 Å². The Morgan fingerprint density at radius 3 is 2.59 bits per heavy atom. The number of hydrogen-bond donors (Lipinski definition) is 1. The third-order valence-electron chi connectivity index (χ3n) is 2.38. The zero-order chi connectivity index (χ0) is 12.3. The Morgan fingerprint density at radius 2 is 2.00 bits per heavy atom. The molecule has 0 aliphatic carbocycles. The zero-order valence-corrected chi connectivity index (χ0v) is 9.76. The summed E-state index contributed by atoms with van der Waals surface area (Å²) in [5.41, 5.74) is 4.47. The molecule has 1 heterocycles. The minimum absolute atomic E-state index is 0.224. The van der Waals surface area contributed by atoms with Crippen LogP contribution in [0.15, 0.2) is 30.9 Å². The van der Waals surface area contributed by atoms with Gasteiger partial charge >= 0.3 is 0 Å². The van der Waals surface area contributed by atoms with Gasteiger partial charge in [-0.1, -0.05) is 6.07 Å². The van der Waals surface area contributed by atoms with Gasteiger partial charge in [0.25, 0.3) is 0 Å². The van der Waals surface area contributed by atoms with Gasteiger partial charge in [-0.25, -0.2) is 9.07 Å². The Kier molecular flexibility index (Phi) is 3.22. The molecular weight excluding hydrogens is 221 g/mol. The first-order chi connectivity index (χ1) is 8.16. The van der Waals surface area contributed by atoms with Crippen molar-refractivity contribution >= 4 is 5.69 Å². The molecular formula is C11H14FN5. The maximum atomic E-state index is 13.7. The molecule has 0 aliphatic rings. The van der Waals surface area contributed by atoms with Crippen LogP contribution in [0.2, 0.25) is 0 Å². The second-order valence-electron chi connectivity index (χ2n) is 3.88. The minimum atomic E-state index is -0.224. The van der Waals surface area contributed by atoms with Gasteiger partial charge in [0.05, 0.1) is 12.2 Å². The third kappa shape index (κ3) is 2.72. The van der Waals surface area contributed by atoms with E-state index in [1.807, 2.05) is 20.2 Å². The molecule has 0 amide bonds. The van der Waals surface area contributed by atoms with Crippen molar-refractivity contribution in [3.8, 4) is 0 Å². The molecule has 90 valence electrons. The smallest absolute Gasteiger partial charge is 0.146 e. The summed E-state index contributed by atoms with van der Waals surface area (Å²) in [5, 5.41) is 7.32. The van der Waals surface area contributed by atoms with Crippen LogP contribution in [-0.4, -0.2) is 29.0 Å². The number of rotatable bonds is 4. The lowest BCUT2D eigenvalue weighted by Crippen LogP contribution is -2.14. The summed E-state index contributed by atoms with van der Waals surface area (Å²) in [5.74, 6) is -0.224. The van der Waals surface area contributed by atoms with Crippen molar-refractivity contribution in [2.24, 2.45) is 0 Å². The average molecular weight is 235 g/mol. The van der Waals surface area contributed by atoms with Crippen LogP contribution in [0.5, 0.6) is 0 Å². The lowest BCUT2D eigenvalue weighted by atomic mass is 10.2. The second-order valence-corrected chi connectivity index (χ2v) is 3.88. The number of benzene rings is 1. The third-order valence-corrected chi connectivity index (χ3v) is 2.38. The topological polar surface area (TPSA) is 46.0 Å². The summed E-state index contributed by atoms with van der Waals surface area (Å²) in [4.78, 5) is 1.74. The first-order valence-electron chi connectivity index (χ1n) is 5.21. The van der Waals surface area contributed by atoms with Gasteiger partial charge in [0.2, 0.25) is 0 Å². The fourth-order valence-electron chi connectivity index (χ4n) is 1.49. The van der Waals surface area contributed by atoms with E-state index >= 15 is 0 Å². The van der Waals surface area contributed by atoms with E-state index in [-0.39, 0.29) is 5.82 Å². The van der Waals surface area contributed by atoms with Crippen molar-refractivity contribution in [1.82, 2.24) is 14.9 Å². The van der Waals surface area contributed by atoms with Crippen molar-refractivity contribution in [1.29, 1.82) is 0 Å². The molecule has 1 aromatic carbocycles. The lowest BCUT2D eigenvalue weighted by Gasteiger charge is -2.14. The Balaban J connectivity index is 2.05. The van der Waals surface area contributed by atoms with E-state index in [1.54, 1.807) is 28.3 Å². The first kappa shape index (κ1) is 11.4. The molecule has 0 spiro atoms. The Morgan fingerprint density at radius 1 is 1.29 bits per heavy atom. The van der Waals surface area contributed by atoms with Crippen LogP contribution >= 0.6 is 0 Å². The molecule has 5 nitrogen and oxygen atoms in total. The summed E-state index contributed by atoms with van der Waals surface area (Å²) in [7, 11) is 3.63. The fourth-order valence-corrected chi connectivity index (χ4v) is 1.49. The van der Waals surface area contributed by atoms with Crippen LogP contribution in [0.3, 0.4) is 0 Å². The number of halogens is 1. The fraction of sp³-hybridized carbons (Fsp3) is 0.273. The van der Waals surface area contributed by atoms with E-state index in [9.17, 15) is 4.39 Å². The summed E-state index contributed by atoms with van der Waals surface area (Å²) in [6.45, 7) is 0.517. The lowest BCUT2D eigenvalue weighted by molar-refractivity contribution is 0.623. The zero-order valence-electron chi connectivity index (χ0n) is 9.76. The summed E-state index contributed by atoms with van der Waals surface area (Å²) in [6.07, 6.45) is 3.09. The van der Waals surface area contributed by atoms with E-state index in [4.69, 9.17) is 0 Å². The summed E-state index contributed by atoms with van der Waals surface area (Å²) in [6, 6.07) is 5.17. The van der Waals surface area contributed by atoms with Crippen LogP contribution in [0.1, 0.15) is 5.56 Å². The number of aromatic nitrogens is 3. The first-order valence-corrected chi connectivity index (χ1v) is 5.21. The Labute approximate surface area is 98.9 Å². The maximum Gasteiger partial charge on any atom is 0.146 e. The molecule has 0 radical (unpaired) electrons. The molecule has 0 bridgehead atoms. The molecule has 0 fully saturated rings. The highest BCUT2D eigenvalue weighted by Gasteiger charge is 2.04. The second kappa shape index (κ2) is 4.82. The van der Waals surface area contributed by atoms with Crippen molar-refractivity contribution in [3.63, 3.8) is 0 Å². The summed E-state index contributed by atoms with van der Waals surface area (Å²) < 4.78 is 15.3. The average Bonchev–Trinajstić information content (AvgIpc) is 2.78. The van der Waals surface area contributed by atoms with E-state index in [0.717, 1.165) is 5.56 Å². The van der Waals surface area contributed by atoms with Crippen LogP contribution in [0, 0.1) is 5.82 Å². The quantitative estimate of drug-likeness (QED) is 0.865. The Hall–Kier alpha value is -2.11. The van der Waals surface area contributed by atoms with Gasteiger partial charge in [0.15, 0.2) is 0 Å². The van der Waals surface area contributed by atoms with Crippen LogP contribution in [0.25, 0.3) is 0 Å². The number of anilines is 1. The van der Waals surface area contributed by atoms with Gasteiger partial charge in [-0.05, 0) is 17.7 Å². The SMILES string of the molecule is CN(C)c1ccc(CNn2cnnc2)cc1F. The highest BCUT2D eigenvalue weighted by molar-refractivity contribution is 5.47. The van der Waals surface area contributed by atoms with E-state index < -0.39 is 0 Å². The van der Waals surface area contributed by atoms with E-state index in [1.165, 1.54) is 6.07 Å². The molecule has 0 unspecified atom stereocenters. The van der Waals surface area contributed by atoms with Gasteiger partial charge < -0.3 is 10.3 Å². The largest absolute Gasteiger partial charge is 0.375 e. The minimum Gasteiger partial charge on any atom is -0.375 e. The van der Waals surface area contributed by atoms with Crippen LogP contribution in [-0.2, 0) is 6.54 Å². The standard InChI is InChI=1S/C11H14FN5/c1-16(2)11-4-3-9(5-10(11)12)6-15-17-7-13-14-8-17/h3-5,7-8,15H,6H2,1-2H3. The highest BCUT2D eigenvalue weighted by Crippen LogP contribution is 2.18. The van der Waals surface area contributed by atoms with Gasteiger partial charge in [-0.3, -0.25) is 0 Å². The van der Waals surface area contributed by atoms with Crippen molar-refractivity contribution in [2.45, 2.75) is 6.54 Å². The van der Waals surface area contributed by atoms with E-state index in [0.29, 0.717) is 12.2 Å². The number of nitrogens with one attached hydrogen (secondary N) is 1. The molecule has 0 saturated carbocycles. The van der Waals surface area contributed by atoms with Gasteiger partial charge in [0.1, 0.15) is 18.5 Å². The normalized spacial score (nSPS) is 10.3. The van der Waals surface area contributed by atoms with Crippen molar-refractivity contribution in [2.75, 3.05) is 24.4 Å². The highest BCUT2D eigenvalue weighted by atomic mass is 19.1. The summed E-state index contributed by atoms with van der Waals surface area (Å²) >= 11 is 0. The van der Waals surface area contributed by atoms with Crippen LogP contribution < -0.4 is 10.3 Å². The van der Waals surface area contributed by atoms with Crippen LogP contribution in [0.4, 0.5) is 10.1 Å². The molecule has 6 heteroatoms.